The van der Waals surface area contributed by atoms with Crippen LogP contribution < -0.4 is 4.90 Å². The summed E-state index contributed by atoms with van der Waals surface area (Å²) in [5.41, 5.74) is -0.668. The van der Waals surface area contributed by atoms with E-state index in [1.165, 1.54) is 12.1 Å². The van der Waals surface area contributed by atoms with Crippen LogP contribution in [0.1, 0.15) is 11.1 Å². The number of nitrogens with zero attached hydrogens (tertiary/aromatic N) is 3. The van der Waals surface area contributed by atoms with Crippen molar-refractivity contribution in [3.05, 3.63) is 29.3 Å². The van der Waals surface area contributed by atoms with Gasteiger partial charge in [0.2, 0.25) is 0 Å². The molecule has 1 aromatic carbocycles. The molecule has 0 fully saturated rings. The molecule has 3 nitrogen and oxygen atoms in total. The SMILES string of the molecule is CN(C)CCN(C)c1ccc(C#N)cc1C(F)(F)F. The largest absolute Gasteiger partial charge is 0.418 e. The maximum atomic E-state index is 13.0. The van der Waals surface area contributed by atoms with E-state index in [1.54, 1.807) is 18.0 Å². The van der Waals surface area contributed by atoms with E-state index in [0.717, 1.165) is 6.07 Å². The first-order chi connectivity index (χ1) is 8.75. The van der Waals surface area contributed by atoms with E-state index in [1.807, 2.05) is 19.0 Å². The maximum absolute atomic E-state index is 13.0. The minimum Gasteiger partial charge on any atom is -0.373 e. The minimum absolute atomic E-state index is 0.0112. The maximum Gasteiger partial charge on any atom is 0.418 e. The van der Waals surface area contributed by atoms with Crippen LogP contribution in [0.25, 0.3) is 0 Å². The van der Waals surface area contributed by atoms with Gasteiger partial charge in [0.05, 0.1) is 17.2 Å². The standard InChI is InChI=1S/C13H16F3N3/c1-18(2)6-7-19(3)12-5-4-10(9-17)8-11(12)13(14,15)16/h4-5,8H,6-7H2,1-3H3. The second kappa shape index (κ2) is 5.93. The fourth-order valence-corrected chi connectivity index (χ4v) is 1.64. The zero-order chi connectivity index (χ0) is 14.6. The molecule has 0 aliphatic rings. The number of alkyl halides is 3. The van der Waals surface area contributed by atoms with Crippen LogP contribution in [0.15, 0.2) is 18.2 Å². The van der Waals surface area contributed by atoms with Gasteiger partial charge in [-0.3, -0.25) is 0 Å². The van der Waals surface area contributed by atoms with Crippen LogP contribution in [0, 0.1) is 11.3 Å². The van der Waals surface area contributed by atoms with Gasteiger partial charge in [-0.2, -0.15) is 18.4 Å². The van der Waals surface area contributed by atoms with Gasteiger partial charge in [0.1, 0.15) is 0 Å². The first-order valence-corrected chi connectivity index (χ1v) is 5.73. The predicted octanol–water partition coefficient (Wildman–Crippen LogP) is 2.57. The van der Waals surface area contributed by atoms with Gasteiger partial charge in [0.25, 0.3) is 0 Å². The Hall–Kier alpha value is -1.74. The molecule has 104 valence electrons. The lowest BCUT2D eigenvalue weighted by molar-refractivity contribution is -0.137. The normalized spacial score (nSPS) is 11.5. The van der Waals surface area contributed by atoms with Crippen molar-refractivity contribution in [3.8, 4) is 6.07 Å². The second-order valence-corrected chi connectivity index (χ2v) is 4.57. The van der Waals surface area contributed by atoms with E-state index >= 15 is 0 Å². The fraction of sp³-hybridized carbons (Fsp3) is 0.462. The van der Waals surface area contributed by atoms with E-state index in [0.29, 0.717) is 13.1 Å². The molecule has 0 spiro atoms. The molecule has 6 heteroatoms. The predicted molar refractivity (Wildman–Crippen MR) is 68.0 cm³/mol. The number of hydrogen-bond donors (Lipinski definition) is 0. The number of halogens is 3. The molecule has 1 rings (SSSR count). The van der Waals surface area contributed by atoms with Crippen LogP contribution in [0.4, 0.5) is 18.9 Å². The van der Waals surface area contributed by atoms with Gasteiger partial charge < -0.3 is 9.80 Å². The smallest absolute Gasteiger partial charge is 0.373 e. The van der Waals surface area contributed by atoms with Gasteiger partial charge in [0.15, 0.2) is 0 Å². The monoisotopic (exact) mass is 271 g/mol. The highest BCUT2D eigenvalue weighted by molar-refractivity contribution is 5.57. The summed E-state index contributed by atoms with van der Waals surface area (Å²) in [4.78, 5) is 3.44. The van der Waals surface area contributed by atoms with E-state index in [2.05, 4.69) is 0 Å². The molecule has 0 atom stereocenters. The molecule has 0 aliphatic carbocycles. The van der Waals surface area contributed by atoms with Crippen LogP contribution in [-0.2, 0) is 6.18 Å². The Morgan fingerprint density at radius 1 is 1.16 bits per heavy atom. The van der Waals surface area contributed by atoms with Gasteiger partial charge in [-0.15, -0.1) is 0 Å². The molecule has 0 bridgehead atoms. The Labute approximate surface area is 110 Å². The molecule has 0 radical (unpaired) electrons. The summed E-state index contributed by atoms with van der Waals surface area (Å²) >= 11 is 0. The molecule has 0 saturated carbocycles. The second-order valence-electron chi connectivity index (χ2n) is 4.57. The summed E-state index contributed by atoms with van der Waals surface area (Å²) in [6, 6.07) is 5.36. The summed E-state index contributed by atoms with van der Waals surface area (Å²) in [6.45, 7) is 1.12. The highest BCUT2D eigenvalue weighted by atomic mass is 19.4. The van der Waals surface area contributed by atoms with Crippen molar-refractivity contribution in [1.29, 1.82) is 5.26 Å². The van der Waals surface area contributed by atoms with Gasteiger partial charge in [-0.25, -0.2) is 0 Å². The summed E-state index contributed by atoms with van der Waals surface area (Å²) in [7, 11) is 5.33. The van der Waals surface area contributed by atoms with Gasteiger partial charge in [0, 0.05) is 25.8 Å². The number of likely N-dealkylation sites (N-methyl/N-ethyl adjacent to an activating group) is 2. The molecule has 0 heterocycles. The summed E-state index contributed by atoms with van der Waals surface area (Å²) in [5.74, 6) is 0. The third kappa shape index (κ3) is 4.14. The van der Waals surface area contributed by atoms with E-state index in [-0.39, 0.29) is 11.3 Å². The van der Waals surface area contributed by atoms with Crippen LogP contribution in [-0.4, -0.2) is 39.1 Å². The zero-order valence-electron chi connectivity index (χ0n) is 11.1. The highest BCUT2D eigenvalue weighted by Gasteiger charge is 2.34. The Balaban J connectivity index is 3.09. The Bertz CT molecular complexity index is 475. The summed E-state index contributed by atoms with van der Waals surface area (Å²) in [5, 5.41) is 8.70. The quantitative estimate of drug-likeness (QED) is 0.843. The van der Waals surface area contributed by atoms with Crippen LogP contribution in [0.3, 0.4) is 0 Å². The topological polar surface area (TPSA) is 30.3 Å². The number of nitriles is 1. The van der Waals surface area contributed by atoms with Crippen molar-refractivity contribution in [2.75, 3.05) is 39.1 Å². The van der Waals surface area contributed by atoms with Crippen molar-refractivity contribution in [2.24, 2.45) is 0 Å². The van der Waals surface area contributed by atoms with Gasteiger partial charge in [-0.1, -0.05) is 0 Å². The van der Waals surface area contributed by atoms with Crippen LogP contribution in [0.2, 0.25) is 0 Å². The first kappa shape index (κ1) is 15.3. The lowest BCUT2D eigenvalue weighted by Crippen LogP contribution is -2.30. The highest BCUT2D eigenvalue weighted by Crippen LogP contribution is 2.36. The van der Waals surface area contributed by atoms with Crippen molar-refractivity contribution in [1.82, 2.24) is 4.90 Å². The van der Waals surface area contributed by atoms with Crippen LogP contribution >= 0.6 is 0 Å². The van der Waals surface area contributed by atoms with Crippen molar-refractivity contribution < 1.29 is 13.2 Å². The first-order valence-electron chi connectivity index (χ1n) is 5.73. The van der Waals surface area contributed by atoms with Crippen molar-refractivity contribution >= 4 is 5.69 Å². The average molecular weight is 271 g/mol. The summed E-state index contributed by atoms with van der Waals surface area (Å²) < 4.78 is 38.9. The molecular formula is C13H16F3N3. The molecule has 0 amide bonds. The van der Waals surface area contributed by atoms with E-state index in [4.69, 9.17) is 5.26 Å². The van der Waals surface area contributed by atoms with Crippen LogP contribution in [0.5, 0.6) is 0 Å². The molecule has 1 aromatic rings. The van der Waals surface area contributed by atoms with Gasteiger partial charge >= 0.3 is 6.18 Å². The molecule has 0 N–H and O–H groups in total. The lowest BCUT2D eigenvalue weighted by atomic mass is 10.1. The third-order valence-electron chi connectivity index (χ3n) is 2.72. The lowest BCUT2D eigenvalue weighted by Gasteiger charge is -2.25. The fourth-order valence-electron chi connectivity index (χ4n) is 1.64. The number of anilines is 1. The molecule has 0 aromatic heterocycles. The zero-order valence-corrected chi connectivity index (χ0v) is 11.1. The molecule has 0 saturated heterocycles. The Morgan fingerprint density at radius 2 is 1.79 bits per heavy atom. The number of rotatable bonds is 4. The Morgan fingerprint density at radius 3 is 2.26 bits per heavy atom. The molecular weight excluding hydrogens is 255 g/mol. The minimum atomic E-state index is -4.46. The molecule has 19 heavy (non-hydrogen) atoms. The van der Waals surface area contributed by atoms with Crippen molar-refractivity contribution in [3.63, 3.8) is 0 Å². The number of hydrogen-bond acceptors (Lipinski definition) is 3. The number of benzene rings is 1. The molecule has 0 aliphatic heterocycles. The Kier molecular flexibility index (Phi) is 4.78. The van der Waals surface area contributed by atoms with E-state index < -0.39 is 11.7 Å². The average Bonchev–Trinajstić information content (AvgIpc) is 2.34. The molecule has 0 unspecified atom stereocenters. The van der Waals surface area contributed by atoms with E-state index in [9.17, 15) is 13.2 Å². The summed E-state index contributed by atoms with van der Waals surface area (Å²) in [6.07, 6.45) is -4.46. The third-order valence-corrected chi connectivity index (χ3v) is 2.72. The van der Waals surface area contributed by atoms with Gasteiger partial charge in [-0.05, 0) is 32.3 Å². The van der Waals surface area contributed by atoms with Crippen molar-refractivity contribution in [2.45, 2.75) is 6.18 Å².